The van der Waals surface area contributed by atoms with Crippen LogP contribution in [0.3, 0.4) is 0 Å². The van der Waals surface area contributed by atoms with E-state index in [-0.39, 0.29) is 12.4 Å². The molecule has 5 aromatic carbocycles. The van der Waals surface area contributed by atoms with E-state index in [1.165, 1.54) is 40.2 Å². The summed E-state index contributed by atoms with van der Waals surface area (Å²) in [5, 5.41) is 3.57. The maximum absolute atomic E-state index is 14.7. The van der Waals surface area contributed by atoms with Crippen LogP contribution in [0.5, 0.6) is 5.75 Å². The van der Waals surface area contributed by atoms with Gasteiger partial charge in [0.15, 0.2) is 0 Å². The van der Waals surface area contributed by atoms with Crippen molar-refractivity contribution in [3.63, 3.8) is 0 Å². The molecule has 0 bridgehead atoms. The minimum atomic E-state index is -4.40. The van der Waals surface area contributed by atoms with Crippen LogP contribution < -0.4 is 20.7 Å². The molecule has 206 valence electrons. The molecular weight excluding hydrogens is 543 g/mol. The van der Waals surface area contributed by atoms with Crippen LogP contribution in [0, 0.1) is 17.7 Å². The summed E-state index contributed by atoms with van der Waals surface area (Å²) in [7, 11) is -2.71. The summed E-state index contributed by atoms with van der Waals surface area (Å²) in [6.07, 6.45) is -3.85. The van der Waals surface area contributed by atoms with Gasteiger partial charge in [-0.15, -0.1) is 0 Å². The Kier molecular flexibility index (Phi) is 8.53. The fourth-order valence-corrected chi connectivity index (χ4v) is 9.83. The Morgan fingerprint density at radius 3 is 1.63 bits per heavy atom. The molecule has 0 aliphatic rings. The minimum absolute atomic E-state index is 0.00375. The van der Waals surface area contributed by atoms with Gasteiger partial charge in [0.25, 0.3) is 0 Å². The average molecular weight is 571 g/mol. The Bertz CT molecular complexity index is 1540. The topological polar surface area (TPSA) is 9.23 Å². The van der Waals surface area contributed by atoms with Crippen LogP contribution in [-0.4, -0.2) is 6.61 Å². The molecule has 41 heavy (non-hydrogen) atoms. The Hall–Kier alpha value is -4.39. The van der Waals surface area contributed by atoms with Crippen molar-refractivity contribution >= 4 is 23.2 Å². The first-order valence-corrected chi connectivity index (χ1v) is 15.3. The van der Waals surface area contributed by atoms with Crippen molar-refractivity contribution in [1.29, 1.82) is 0 Å². The Morgan fingerprint density at radius 2 is 1.15 bits per heavy atom. The SMILES string of the molecule is Fc1ccc(OCC#Cc2ccc(C(F)(F)F)cc2)c(C[PH](c2ccccc2)(c2ccccc2)c2ccccc2)c1. The predicted octanol–water partition coefficient (Wildman–Crippen LogP) is 7.50. The molecule has 0 heterocycles. The number of halogens is 4. The van der Waals surface area contributed by atoms with E-state index in [4.69, 9.17) is 4.74 Å². The van der Waals surface area contributed by atoms with Gasteiger partial charge in [0.05, 0.1) is 0 Å². The number of rotatable bonds is 7. The van der Waals surface area contributed by atoms with Gasteiger partial charge in [-0.3, -0.25) is 0 Å². The molecule has 5 rings (SSSR count). The quantitative estimate of drug-likeness (QED) is 0.112. The first-order valence-electron chi connectivity index (χ1n) is 13.1. The third-order valence-corrected chi connectivity index (χ3v) is 11.9. The molecular formula is C35H27F4OP. The van der Waals surface area contributed by atoms with Crippen LogP contribution in [0.1, 0.15) is 16.7 Å². The molecule has 0 unspecified atom stereocenters. The molecule has 0 atom stereocenters. The van der Waals surface area contributed by atoms with E-state index in [0.717, 1.165) is 17.7 Å². The number of hydrogen-bond acceptors (Lipinski definition) is 1. The van der Waals surface area contributed by atoms with Crippen molar-refractivity contribution in [3.05, 3.63) is 156 Å². The first kappa shape index (κ1) is 28.1. The molecule has 0 saturated heterocycles. The van der Waals surface area contributed by atoms with Gasteiger partial charge in [0, 0.05) is 0 Å². The molecule has 0 aliphatic heterocycles. The monoisotopic (exact) mass is 570 g/mol. The van der Waals surface area contributed by atoms with Crippen molar-refractivity contribution in [1.82, 2.24) is 0 Å². The summed E-state index contributed by atoms with van der Waals surface area (Å²) in [6.45, 7) is -0.00375. The Morgan fingerprint density at radius 1 is 0.634 bits per heavy atom. The molecule has 6 heteroatoms. The summed E-state index contributed by atoms with van der Waals surface area (Å²) in [4.78, 5) is 0. The maximum atomic E-state index is 14.7. The number of hydrogen-bond donors (Lipinski definition) is 0. The summed E-state index contributed by atoms with van der Waals surface area (Å²) >= 11 is 0. The zero-order valence-electron chi connectivity index (χ0n) is 22.0. The summed E-state index contributed by atoms with van der Waals surface area (Å²) in [6, 6.07) is 40.2. The van der Waals surface area contributed by atoms with Gasteiger partial charge in [-0.1, -0.05) is 0 Å². The van der Waals surface area contributed by atoms with Gasteiger partial charge < -0.3 is 0 Å². The van der Waals surface area contributed by atoms with Gasteiger partial charge in [-0.25, -0.2) is 0 Å². The van der Waals surface area contributed by atoms with Crippen molar-refractivity contribution in [2.45, 2.75) is 12.3 Å². The fourth-order valence-electron chi connectivity index (χ4n) is 5.08. The van der Waals surface area contributed by atoms with Crippen LogP contribution in [-0.2, 0) is 12.3 Å². The number of benzene rings is 5. The molecule has 0 amide bonds. The van der Waals surface area contributed by atoms with E-state index in [2.05, 4.69) is 48.2 Å². The molecule has 0 spiro atoms. The third-order valence-electron chi connectivity index (χ3n) is 7.02. The van der Waals surface area contributed by atoms with Gasteiger partial charge in [-0.2, -0.15) is 13.2 Å². The molecule has 0 radical (unpaired) electrons. The Balaban J connectivity index is 1.50. The van der Waals surface area contributed by atoms with Crippen LogP contribution in [0.4, 0.5) is 17.6 Å². The van der Waals surface area contributed by atoms with E-state index in [9.17, 15) is 17.6 Å². The second-order valence-electron chi connectivity index (χ2n) is 9.60. The van der Waals surface area contributed by atoms with Crippen LogP contribution in [0.25, 0.3) is 0 Å². The summed E-state index contributed by atoms with van der Waals surface area (Å²) < 4.78 is 59.3. The second-order valence-corrected chi connectivity index (χ2v) is 13.5. The molecule has 0 aliphatic carbocycles. The normalized spacial score (nSPS) is 11.8. The molecule has 0 N–H and O–H groups in total. The molecule has 0 fully saturated rings. The van der Waals surface area contributed by atoms with Gasteiger partial charge >= 0.3 is 225 Å². The van der Waals surface area contributed by atoms with Crippen LogP contribution >= 0.6 is 7.26 Å². The fraction of sp³-hybridized carbons (Fsp3) is 0.0857. The van der Waals surface area contributed by atoms with Crippen molar-refractivity contribution < 1.29 is 22.3 Å². The van der Waals surface area contributed by atoms with E-state index in [0.29, 0.717) is 17.5 Å². The van der Waals surface area contributed by atoms with E-state index in [1.54, 1.807) is 6.07 Å². The van der Waals surface area contributed by atoms with E-state index < -0.39 is 19.0 Å². The zero-order chi connectivity index (χ0) is 28.7. The van der Waals surface area contributed by atoms with E-state index in [1.807, 2.05) is 54.6 Å². The summed E-state index contributed by atoms with van der Waals surface area (Å²) in [5.41, 5.74) is 0.451. The van der Waals surface area contributed by atoms with Gasteiger partial charge in [0.2, 0.25) is 0 Å². The van der Waals surface area contributed by atoms with Gasteiger partial charge in [-0.05, 0) is 0 Å². The van der Waals surface area contributed by atoms with Crippen molar-refractivity contribution in [3.8, 4) is 17.6 Å². The average Bonchev–Trinajstić information content (AvgIpc) is 3.00. The number of alkyl halides is 3. The van der Waals surface area contributed by atoms with E-state index >= 15 is 0 Å². The molecule has 0 aromatic heterocycles. The Labute approximate surface area is 237 Å². The first-order chi connectivity index (χ1) is 19.9. The molecule has 0 saturated carbocycles. The molecule has 5 aromatic rings. The summed E-state index contributed by atoms with van der Waals surface area (Å²) in [5.74, 6) is 5.87. The van der Waals surface area contributed by atoms with Crippen molar-refractivity contribution in [2.75, 3.05) is 6.61 Å². The predicted molar refractivity (Wildman–Crippen MR) is 160 cm³/mol. The number of ether oxygens (including phenoxy) is 1. The third kappa shape index (κ3) is 6.51. The van der Waals surface area contributed by atoms with Crippen molar-refractivity contribution in [2.24, 2.45) is 0 Å². The standard InChI is InChI=1S/C35H27F4OP/c36-30-22-23-34(40-24-10-11-27-18-20-29(21-19-27)35(37,38)39)28(25-30)26-41(31-12-4-1-5-13-31,32-14-6-2-7-15-32)33-16-8-3-9-17-33/h1-9,12-23,25,41H,24,26H2. The zero-order valence-corrected chi connectivity index (χ0v) is 23.0. The van der Waals surface area contributed by atoms with Gasteiger partial charge in [0.1, 0.15) is 0 Å². The van der Waals surface area contributed by atoms with Crippen LogP contribution in [0.2, 0.25) is 0 Å². The second kappa shape index (κ2) is 12.4. The van der Waals surface area contributed by atoms with Crippen LogP contribution in [0.15, 0.2) is 133 Å². The molecule has 1 nitrogen and oxygen atoms in total.